The number of aromatic nitrogens is 1. The molecule has 0 spiro atoms. The zero-order chi connectivity index (χ0) is 14.7. The molecule has 2 aromatic rings. The zero-order valence-corrected chi connectivity index (χ0v) is 12.0. The van der Waals surface area contributed by atoms with E-state index in [1.165, 1.54) is 0 Å². The first kappa shape index (κ1) is 13.9. The Bertz CT molecular complexity index is 631. The number of rotatable bonds is 3. The molecule has 3 N–H and O–H groups in total. The van der Waals surface area contributed by atoms with Gasteiger partial charge < -0.3 is 9.47 Å². The Morgan fingerprint density at radius 3 is 2.76 bits per heavy atom. The van der Waals surface area contributed by atoms with Crippen molar-refractivity contribution in [2.24, 2.45) is 5.84 Å². The summed E-state index contributed by atoms with van der Waals surface area (Å²) in [4.78, 5) is 4.44. The van der Waals surface area contributed by atoms with Crippen molar-refractivity contribution in [2.45, 2.75) is 19.4 Å². The number of nitrogens with zero attached hydrogens (tertiary/aromatic N) is 1. The summed E-state index contributed by atoms with van der Waals surface area (Å²) < 4.78 is 11.4. The first-order valence-electron chi connectivity index (χ1n) is 7.07. The van der Waals surface area contributed by atoms with Crippen LogP contribution in [0.15, 0.2) is 36.5 Å². The average Bonchev–Trinajstić information content (AvgIpc) is 2.75. The van der Waals surface area contributed by atoms with E-state index >= 15 is 0 Å². The average molecular weight is 285 g/mol. The molecule has 0 saturated heterocycles. The van der Waals surface area contributed by atoms with Crippen molar-refractivity contribution in [1.82, 2.24) is 10.4 Å². The van der Waals surface area contributed by atoms with E-state index in [9.17, 15) is 0 Å². The van der Waals surface area contributed by atoms with E-state index in [0.29, 0.717) is 13.2 Å². The molecule has 5 nitrogen and oxygen atoms in total. The molecule has 0 bridgehead atoms. The van der Waals surface area contributed by atoms with Crippen LogP contribution in [0, 0.1) is 6.92 Å². The molecule has 0 amide bonds. The molecule has 2 heterocycles. The van der Waals surface area contributed by atoms with Crippen LogP contribution < -0.4 is 20.7 Å². The van der Waals surface area contributed by atoms with E-state index in [1.54, 1.807) is 6.20 Å². The first-order valence-corrected chi connectivity index (χ1v) is 7.07. The minimum atomic E-state index is -0.177. The van der Waals surface area contributed by atoms with Crippen LogP contribution in [0.25, 0.3) is 0 Å². The van der Waals surface area contributed by atoms with Crippen LogP contribution >= 0.6 is 0 Å². The van der Waals surface area contributed by atoms with Crippen molar-refractivity contribution in [3.05, 3.63) is 53.3 Å². The molecule has 3 rings (SSSR count). The van der Waals surface area contributed by atoms with Gasteiger partial charge >= 0.3 is 0 Å². The maximum absolute atomic E-state index is 5.75. The zero-order valence-electron chi connectivity index (χ0n) is 12.0. The maximum atomic E-state index is 5.75. The van der Waals surface area contributed by atoms with Crippen molar-refractivity contribution in [3.8, 4) is 11.5 Å². The molecular weight excluding hydrogens is 266 g/mol. The van der Waals surface area contributed by atoms with Gasteiger partial charge in [0.05, 0.1) is 24.9 Å². The van der Waals surface area contributed by atoms with E-state index in [2.05, 4.69) is 10.4 Å². The second-order valence-corrected chi connectivity index (χ2v) is 5.06. The van der Waals surface area contributed by atoms with E-state index in [1.807, 2.05) is 37.3 Å². The summed E-state index contributed by atoms with van der Waals surface area (Å²) in [6, 6.07) is 9.66. The van der Waals surface area contributed by atoms with Gasteiger partial charge in [0.2, 0.25) is 0 Å². The summed E-state index contributed by atoms with van der Waals surface area (Å²) in [5.41, 5.74) is 5.84. The van der Waals surface area contributed by atoms with Crippen LogP contribution in [-0.2, 0) is 0 Å². The molecule has 1 aliphatic heterocycles. The van der Waals surface area contributed by atoms with Crippen LogP contribution in [0.4, 0.5) is 0 Å². The fraction of sp³-hybridized carbons (Fsp3) is 0.312. The minimum Gasteiger partial charge on any atom is -0.490 e. The predicted octanol–water partition coefficient (Wildman–Crippen LogP) is 2.10. The fourth-order valence-corrected chi connectivity index (χ4v) is 2.49. The number of hydrazine groups is 1. The molecule has 1 aromatic carbocycles. The van der Waals surface area contributed by atoms with E-state index < -0.39 is 0 Å². The van der Waals surface area contributed by atoms with Gasteiger partial charge in [0.15, 0.2) is 11.5 Å². The van der Waals surface area contributed by atoms with Crippen LogP contribution in [0.5, 0.6) is 11.5 Å². The number of aryl methyl sites for hydroxylation is 1. The molecule has 5 heteroatoms. The van der Waals surface area contributed by atoms with Gasteiger partial charge in [-0.2, -0.15) is 0 Å². The number of nitrogens with two attached hydrogens (primary N) is 1. The van der Waals surface area contributed by atoms with Gasteiger partial charge in [-0.15, -0.1) is 0 Å². The molecular formula is C16H19N3O2. The van der Waals surface area contributed by atoms with Crippen molar-refractivity contribution in [1.29, 1.82) is 0 Å². The molecule has 110 valence electrons. The minimum absolute atomic E-state index is 0.177. The smallest absolute Gasteiger partial charge is 0.161 e. The molecule has 1 aromatic heterocycles. The number of benzene rings is 1. The molecule has 0 radical (unpaired) electrons. The van der Waals surface area contributed by atoms with Gasteiger partial charge in [-0.3, -0.25) is 10.8 Å². The highest BCUT2D eigenvalue weighted by atomic mass is 16.5. The predicted molar refractivity (Wildman–Crippen MR) is 80.2 cm³/mol. The van der Waals surface area contributed by atoms with Gasteiger partial charge in [0.1, 0.15) is 0 Å². The van der Waals surface area contributed by atoms with Crippen LogP contribution in [0.2, 0.25) is 0 Å². The van der Waals surface area contributed by atoms with E-state index in [0.717, 1.165) is 34.7 Å². The molecule has 1 unspecified atom stereocenters. The Balaban J connectivity index is 1.98. The third kappa shape index (κ3) is 2.84. The number of fused-ring (bicyclic) bond motifs is 1. The van der Waals surface area contributed by atoms with Gasteiger partial charge in [0.25, 0.3) is 0 Å². The number of hydrogen-bond acceptors (Lipinski definition) is 5. The molecule has 0 aliphatic carbocycles. The summed E-state index contributed by atoms with van der Waals surface area (Å²) in [5, 5.41) is 0. The number of nitrogens with one attached hydrogen (secondary N) is 1. The lowest BCUT2D eigenvalue weighted by Gasteiger charge is -2.19. The van der Waals surface area contributed by atoms with Gasteiger partial charge in [-0.25, -0.2) is 5.43 Å². The van der Waals surface area contributed by atoms with Crippen LogP contribution in [0.3, 0.4) is 0 Å². The highest BCUT2D eigenvalue weighted by Crippen LogP contribution is 2.33. The second-order valence-electron chi connectivity index (χ2n) is 5.06. The number of pyridine rings is 1. The maximum Gasteiger partial charge on any atom is 0.161 e. The third-order valence-corrected chi connectivity index (χ3v) is 3.59. The van der Waals surface area contributed by atoms with Crippen molar-refractivity contribution in [3.63, 3.8) is 0 Å². The van der Waals surface area contributed by atoms with E-state index in [4.69, 9.17) is 15.3 Å². The lowest BCUT2D eigenvalue weighted by molar-refractivity contribution is 0.297. The lowest BCUT2D eigenvalue weighted by atomic mass is 10.00. The highest BCUT2D eigenvalue weighted by molar-refractivity contribution is 5.46. The van der Waals surface area contributed by atoms with Crippen molar-refractivity contribution < 1.29 is 9.47 Å². The first-order chi connectivity index (χ1) is 10.3. The summed E-state index contributed by atoms with van der Waals surface area (Å²) in [7, 11) is 0. The van der Waals surface area contributed by atoms with Crippen LogP contribution in [-0.4, -0.2) is 18.2 Å². The third-order valence-electron chi connectivity index (χ3n) is 3.59. The quantitative estimate of drug-likeness (QED) is 0.667. The summed E-state index contributed by atoms with van der Waals surface area (Å²) in [6.07, 6.45) is 2.66. The van der Waals surface area contributed by atoms with Crippen LogP contribution in [0.1, 0.15) is 29.3 Å². The lowest BCUT2D eigenvalue weighted by Crippen LogP contribution is -2.30. The summed E-state index contributed by atoms with van der Waals surface area (Å²) >= 11 is 0. The number of ether oxygens (including phenoxy) is 2. The van der Waals surface area contributed by atoms with E-state index in [-0.39, 0.29) is 6.04 Å². The molecule has 0 fully saturated rings. The Kier molecular flexibility index (Phi) is 4.03. The topological polar surface area (TPSA) is 69.4 Å². The SMILES string of the molecule is Cc1cccnc1C(NN)c1ccc2c(c1)OCCCO2. The van der Waals surface area contributed by atoms with Gasteiger partial charge in [0, 0.05) is 12.6 Å². The largest absolute Gasteiger partial charge is 0.490 e. The molecule has 1 aliphatic rings. The summed E-state index contributed by atoms with van der Waals surface area (Å²) in [6.45, 7) is 3.37. The fourth-order valence-electron chi connectivity index (χ4n) is 2.49. The summed E-state index contributed by atoms with van der Waals surface area (Å²) in [5.74, 6) is 7.30. The molecule has 21 heavy (non-hydrogen) atoms. The van der Waals surface area contributed by atoms with Gasteiger partial charge in [-0.05, 0) is 36.2 Å². The van der Waals surface area contributed by atoms with Crippen molar-refractivity contribution >= 4 is 0 Å². The Labute approximate surface area is 124 Å². The van der Waals surface area contributed by atoms with Gasteiger partial charge in [-0.1, -0.05) is 12.1 Å². The Hall–Kier alpha value is -2.11. The second kappa shape index (κ2) is 6.11. The Morgan fingerprint density at radius 1 is 1.19 bits per heavy atom. The molecule has 1 atom stereocenters. The molecule has 0 saturated carbocycles. The monoisotopic (exact) mass is 285 g/mol. The number of hydrogen-bond donors (Lipinski definition) is 2. The normalized spacial score (nSPS) is 15.3. The highest BCUT2D eigenvalue weighted by Gasteiger charge is 2.19. The van der Waals surface area contributed by atoms with Crippen molar-refractivity contribution in [2.75, 3.05) is 13.2 Å². The standard InChI is InChI=1S/C16H19N3O2/c1-11-4-2-7-18-15(11)16(19-17)12-5-6-13-14(10-12)21-9-3-8-20-13/h2,4-7,10,16,19H,3,8-9,17H2,1H3. The Morgan fingerprint density at radius 2 is 2.00 bits per heavy atom.